The number of anilines is 2. The number of methoxy groups -OCH3 is 1. The average molecular weight is 315 g/mol. The maximum Gasteiger partial charge on any atom is 0.343 e. The molecule has 8 heteroatoms. The van der Waals surface area contributed by atoms with Crippen molar-refractivity contribution in [3.63, 3.8) is 0 Å². The molecule has 0 atom stereocenters. The molecule has 0 aliphatic rings. The highest BCUT2D eigenvalue weighted by molar-refractivity contribution is 7.19. The fourth-order valence-electron chi connectivity index (χ4n) is 1.61. The standard InChI is InChI=1S/C13H21N3O4S/c1-7(2)20-6-5-16-12-8(13(18)19-4)9(14)10(21-12)11(17)15-3/h7,16H,5-6,14H2,1-4H3,(H,15,17). The Kier molecular flexibility index (Phi) is 6.44. The lowest BCUT2D eigenvalue weighted by molar-refractivity contribution is 0.0603. The normalized spacial score (nSPS) is 10.5. The van der Waals surface area contributed by atoms with Crippen LogP contribution >= 0.6 is 11.3 Å². The molecule has 4 N–H and O–H groups in total. The van der Waals surface area contributed by atoms with Gasteiger partial charge in [0, 0.05) is 13.6 Å². The first-order valence-corrected chi connectivity index (χ1v) is 7.32. The van der Waals surface area contributed by atoms with Crippen molar-refractivity contribution >= 4 is 33.9 Å². The van der Waals surface area contributed by atoms with Crippen molar-refractivity contribution in [1.82, 2.24) is 5.32 Å². The summed E-state index contributed by atoms with van der Waals surface area (Å²) in [6.07, 6.45) is 0.127. The summed E-state index contributed by atoms with van der Waals surface area (Å²) < 4.78 is 10.1. The third kappa shape index (κ3) is 4.33. The fourth-order valence-corrected chi connectivity index (χ4v) is 2.69. The highest BCUT2D eigenvalue weighted by Gasteiger charge is 2.25. The highest BCUT2D eigenvalue weighted by Crippen LogP contribution is 2.36. The van der Waals surface area contributed by atoms with Gasteiger partial charge in [0.2, 0.25) is 0 Å². The SMILES string of the molecule is CNC(=O)c1sc(NCCOC(C)C)c(C(=O)OC)c1N. The van der Waals surface area contributed by atoms with Crippen molar-refractivity contribution in [3.05, 3.63) is 10.4 Å². The largest absolute Gasteiger partial charge is 0.465 e. The van der Waals surface area contributed by atoms with Gasteiger partial charge in [-0.15, -0.1) is 11.3 Å². The van der Waals surface area contributed by atoms with Gasteiger partial charge in [-0.05, 0) is 13.8 Å². The van der Waals surface area contributed by atoms with Gasteiger partial charge in [-0.25, -0.2) is 4.79 Å². The van der Waals surface area contributed by atoms with Crippen LogP contribution in [0.2, 0.25) is 0 Å². The number of hydrogen-bond acceptors (Lipinski definition) is 7. The van der Waals surface area contributed by atoms with Gasteiger partial charge in [-0.3, -0.25) is 4.79 Å². The summed E-state index contributed by atoms with van der Waals surface area (Å²) in [7, 11) is 2.77. The lowest BCUT2D eigenvalue weighted by atomic mass is 10.2. The van der Waals surface area contributed by atoms with Gasteiger partial charge in [0.15, 0.2) is 0 Å². The van der Waals surface area contributed by atoms with Crippen LogP contribution in [-0.2, 0) is 9.47 Å². The minimum absolute atomic E-state index is 0.124. The Hall–Kier alpha value is -1.80. The maximum atomic E-state index is 11.8. The van der Waals surface area contributed by atoms with E-state index in [4.69, 9.17) is 15.2 Å². The quantitative estimate of drug-likeness (QED) is 0.518. The Morgan fingerprint density at radius 3 is 2.57 bits per heavy atom. The molecule has 21 heavy (non-hydrogen) atoms. The van der Waals surface area contributed by atoms with Gasteiger partial charge in [-0.2, -0.15) is 0 Å². The monoisotopic (exact) mass is 315 g/mol. The van der Waals surface area contributed by atoms with Crippen molar-refractivity contribution in [3.8, 4) is 0 Å². The third-order valence-electron chi connectivity index (χ3n) is 2.61. The summed E-state index contributed by atoms with van der Waals surface area (Å²) in [5.41, 5.74) is 6.20. The molecule has 7 nitrogen and oxygen atoms in total. The number of hydrogen-bond donors (Lipinski definition) is 3. The molecule has 0 unspecified atom stereocenters. The Balaban J connectivity index is 2.95. The predicted octanol–water partition coefficient (Wildman–Crippen LogP) is 1.31. The Morgan fingerprint density at radius 2 is 2.05 bits per heavy atom. The molecule has 118 valence electrons. The zero-order chi connectivity index (χ0) is 16.0. The number of carbonyl (C=O) groups is 2. The topological polar surface area (TPSA) is 103 Å². The molecule has 0 radical (unpaired) electrons. The number of carbonyl (C=O) groups excluding carboxylic acids is 2. The van der Waals surface area contributed by atoms with Gasteiger partial charge in [0.25, 0.3) is 5.91 Å². The molecule has 1 rings (SSSR count). The van der Waals surface area contributed by atoms with E-state index in [-0.39, 0.29) is 28.1 Å². The summed E-state index contributed by atoms with van der Waals surface area (Å²) in [5, 5.41) is 6.05. The second-order valence-electron chi connectivity index (χ2n) is 4.47. The van der Waals surface area contributed by atoms with Crippen molar-refractivity contribution in [2.24, 2.45) is 0 Å². The predicted molar refractivity (Wildman–Crippen MR) is 83.0 cm³/mol. The highest BCUT2D eigenvalue weighted by atomic mass is 32.1. The van der Waals surface area contributed by atoms with Crippen LogP contribution in [0.1, 0.15) is 33.9 Å². The van der Waals surface area contributed by atoms with E-state index in [0.29, 0.717) is 18.2 Å². The van der Waals surface area contributed by atoms with E-state index in [9.17, 15) is 9.59 Å². The first-order chi connectivity index (χ1) is 9.92. The fraction of sp³-hybridized carbons (Fsp3) is 0.538. The van der Waals surface area contributed by atoms with Gasteiger partial charge in [0.1, 0.15) is 15.4 Å². The van der Waals surface area contributed by atoms with Gasteiger partial charge in [0.05, 0.1) is 25.5 Å². The molecule has 1 aromatic rings. The number of amides is 1. The van der Waals surface area contributed by atoms with Crippen molar-refractivity contribution in [1.29, 1.82) is 0 Å². The minimum Gasteiger partial charge on any atom is -0.465 e. The Morgan fingerprint density at radius 1 is 1.38 bits per heavy atom. The first-order valence-electron chi connectivity index (χ1n) is 6.50. The molecule has 0 bridgehead atoms. The lowest BCUT2D eigenvalue weighted by Gasteiger charge is -2.09. The molecular weight excluding hydrogens is 294 g/mol. The van der Waals surface area contributed by atoms with E-state index in [1.165, 1.54) is 14.2 Å². The van der Waals surface area contributed by atoms with E-state index in [2.05, 4.69) is 10.6 Å². The van der Waals surface area contributed by atoms with Crippen molar-refractivity contribution in [2.45, 2.75) is 20.0 Å². The average Bonchev–Trinajstić information content (AvgIpc) is 2.78. The van der Waals surface area contributed by atoms with Crippen LogP contribution < -0.4 is 16.4 Å². The molecular formula is C13H21N3O4S. The van der Waals surface area contributed by atoms with E-state index < -0.39 is 5.97 Å². The summed E-state index contributed by atoms with van der Waals surface area (Å²) in [6, 6.07) is 0. The summed E-state index contributed by atoms with van der Waals surface area (Å²) >= 11 is 1.12. The van der Waals surface area contributed by atoms with Gasteiger partial charge < -0.3 is 25.8 Å². The summed E-state index contributed by atoms with van der Waals surface area (Å²) in [4.78, 5) is 23.8. The number of nitrogens with one attached hydrogen (secondary N) is 2. The van der Waals surface area contributed by atoms with Crippen molar-refractivity contribution < 1.29 is 19.1 Å². The van der Waals surface area contributed by atoms with Crippen LogP contribution in [0.15, 0.2) is 0 Å². The third-order valence-corrected chi connectivity index (χ3v) is 3.77. The van der Waals surface area contributed by atoms with Gasteiger partial charge in [-0.1, -0.05) is 0 Å². The Bertz CT molecular complexity index is 514. The van der Waals surface area contributed by atoms with Crippen LogP contribution in [0.4, 0.5) is 10.7 Å². The zero-order valence-electron chi connectivity index (χ0n) is 12.6. The van der Waals surface area contributed by atoms with Crippen LogP contribution in [0.25, 0.3) is 0 Å². The molecule has 1 amide bonds. The van der Waals surface area contributed by atoms with Crippen LogP contribution in [0.5, 0.6) is 0 Å². The van der Waals surface area contributed by atoms with Crippen molar-refractivity contribution in [2.75, 3.05) is 38.4 Å². The smallest absolute Gasteiger partial charge is 0.343 e. The number of esters is 1. The second kappa shape index (κ2) is 7.84. The minimum atomic E-state index is -0.578. The molecule has 0 aliphatic heterocycles. The van der Waals surface area contributed by atoms with Crippen LogP contribution in [0, 0.1) is 0 Å². The molecule has 0 saturated carbocycles. The summed E-state index contributed by atoms with van der Waals surface area (Å²) in [5.74, 6) is -0.916. The first kappa shape index (κ1) is 17.3. The molecule has 0 aromatic carbocycles. The maximum absolute atomic E-state index is 11.8. The number of nitrogens with two attached hydrogens (primary N) is 1. The van der Waals surface area contributed by atoms with E-state index in [1.54, 1.807) is 0 Å². The number of rotatable bonds is 7. The molecule has 0 saturated heterocycles. The lowest BCUT2D eigenvalue weighted by Crippen LogP contribution is -2.18. The number of ether oxygens (including phenoxy) is 2. The Labute approximate surface area is 127 Å². The van der Waals surface area contributed by atoms with E-state index in [1.807, 2.05) is 13.8 Å². The van der Waals surface area contributed by atoms with Gasteiger partial charge >= 0.3 is 5.97 Å². The molecule has 0 spiro atoms. The summed E-state index contributed by atoms with van der Waals surface area (Å²) in [6.45, 7) is 4.85. The second-order valence-corrected chi connectivity index (χ2v) is 5.49. The molecule has 0 aliphatic carbocycles. The molecule has 0 fully saturated rings. The zero-order valence-corrected chi connectivity index (χ0v) is 13.4. The van der Waals surface area contributed by atoms with E-state index in [0.717, 1.165) is 11.3 Å². The number of thiophene rings is 1. The van der Waals surface area contributed by atoms with E-state index >= 15 is 0 Å². The molecule has 1 heterocycles. The molecule has 1 aromatic heterocycles. The van der Waals surface area contributed by atoms with Crippen LogP contribution in [0.3, 0.4) is 0 Å². The van der Waals surface area contributed by atoms with Crippen LogP contribution in [-0.4, -0.2) is 45.3 Å². The number of nitrogen functional groups attached to an aromatic ring is 1.